The molecule has 0 spiro atoms. The number of hydrogen-bond donors (Lipinski definition) is 0. The quantitative estimate of drug-likeness (QED) is 0.490. The lowest BCUT2D eigenvalue weighted by Crippen LogP contribution is -2.39. The highest BCUT2D eigenvalue weighted by molar-refractivity contribution is 7.22. The molecule has 3 rings (SSSR count). The second-order valence-corrected chi connectivity index (χ2v) is 7.86. The van der Waals surface area contributed by atoms with Crippen molar-refractivity contribution in [2.45, 2.75) is 6.92 Å². The molecule has 0 N–H and O–H groups in total. The second kappa shape index (κ2) is 10.3. The number of para-hydroxylation sites is 1. The molecule has 0 fully saturated rings. The third-order valence-corrected chi connectivity index (χ3v) is 5.42. The van der Waals surface area contributed by atoms with Gasteiger partial charge in [-0.15, -0.1) is 0 Å². The van der Waals surface area contributed by atoms with Crippen LogP contribution in [0.3, 0.4) is 0 Å². The number of carbonyl (C=O) groups is 1. The van der Waals surface area contributed by atoms with Gasteiger partial charge in [-0.2, -0.15) is 0 Å². The molecule has 3 aromatic rings. The summed E-state index contributed by atoms with van der Waals surface area (Å²) >= 11 is 1.47. The van der Waals surface area contributed by atoms with Crippen LogP contribution in [-0.2, 0) is 4.79 Å². The Morgan fingerprint density at radius 2 is 1.83 bits per heavy atom. The first-order valence-electron chi connectivity index (χ1n) is 9.76. The number of likely N-dealkylation sites (N-methyl/N-ethyl adjacent to an activating group) is 1. The lowest BCUT2D eigenvalue weighted by Gasteiger charge is -2.22. The first-order chi connectivity index (χ1) is 14.5. The Kier molecular flexibility index (Phi) is 7.48. The fraction of sp³-hybridized carbons (Fsp3) is 0.364. The topological polar surface area (TPSA) is 64.1 Å². The molecule has 0 bridgehead atoms. The number of carbonyl (C=O) groups excluding carboxylic acids is 1. The van der Waals surface area contributed by atoms with E-state index in [1.165, 1.54) is 11.3 Å². The minimum atomic E-state index is -0.156. The molecule has 0 atom stereocenters. The Balaban J connectivity index is 1.82. The summed E-state index contributed by atoms with van der Waals surface area (Å²) in [5.74, 6) is 1.83. The molecule has 7 nitrogen and oxygen atoms in total. The Bertz CT molecular complexity index is 989. The van der Waals surface area contributed by atoms with Gasteiger partial charge in [0.1, 0.15) is 22.8 Å². The zero-order valence-electron chi connectivity index (χ0n) is 17.8. The summed E-state index contributed by atoms with van der Waals surface area (Å²) in [6.07, 6.45) is 0. The van der Waals surface area contributed by atoms with E-state index in [0.29, 0.717) is 36.3 Å². The molecule has 2 aromatic carbocycles. The Morgan fingerprint density at radius 1 is 1.07 bits per heavy atom. The summed E-state index contributed by atoms with van der Waals surface area (Å²) in [5.41, 5.74) is 0.774. The number of hydrogen-bond acceptors (Lipinski definition) is 7. The molecule has 1 heterocycles. The summed E-state index contributed by atoms with van der Waals surface area (Å²) in [6, 6.07) is 13.0. The molecule has 0 aliphatic rings. The van der Waals surface area contributed by atoms with Crippen LogP contribution in [0.2, 0.25) is 0 Å². The normalized spacial score (nSPS) is 11.0. The fourth-order valence-corrected chi connectivity index (χ4v) is 3.87. The van der Waals surface area contributed by atoms with E-state index >= 15 is 0 Å². The second-order valence-electron chi connectivity index (χ2n) is 6.85. The molecule has 1 aromatic heterocycles. The third-order valence-electron chi connectivity index (χ3n) is 4.38. The van der Waals surface area contributed by atoms with Crippen molar-refractivity contribution in [1.29, 1.82) is 0 Å². The van der Waals surface area contributed by atoms with Gasteiger partial charge in [0, 0.05) is 19.2 Å². The average Bonchev–Trinajstić information content (AvgIpc) is 3.17. The van der Waals surface area contributed by atoms with Gasteiger partial charge in [0.2, 0.25) is 0 Å². The monoisotopic (exact) mass is 429 g/mol. The van der Waals surface area contributed by atoms with Crippen molar-refractivity contribution in [2.75, 3.05) is 52.4 Å². The van der Waals surface area contributed by atoms with Crippen LogP contribution >= 0.6 is 11.3 Å². The van der Waals surface area contributed by atoms with Crippen molar-refractivity contribution in [3.63, 3.8) is 0 Å². The maximum Gasteiger partial charge on any atom is 0.266 e. The zero-order valence-corrected chi connectivity index (χ0v) is 18.6. The van der Waals surface area contributed by atoms with Gasteiger partial charge in [-0.1, -0.05) is 23.5 Å². The van der Waals surface area contributed by atoms with Gasteiger partial charge in [-0.05, 0) is 45.3 Å². The van der Waals surface area contributed by atoms with Crippen molar-refractivity contribution >= 4 is 32.6 Å². The minimum Gasteiger partial charge on any atom is -0.497 e. The number of anilines is 1. The van der Waals surface area contributed by atoms with Crippen LogP contribution in [0.1, 0.15) is 6.92 Å². The molecule has 0 aliphatic carbocycles. The SMILES string of the molecule is CCOc1cccc2sc(N(CCN(C)C)C(=O)COc3cccc(OC)c3)nc12. The van der Waals surface area contributed by atoms with Crippen LogP contribution in [0, 0.1) is 0 Å². The lowest BCUT2D eigenvalue weighted by atomic mass is 10.3. The largest absolute Gasteiger partial charge is 0.497 e. The van der Waals surface area contributed by atoms with Crippen molar-refractivity contribution in [3.05, 3.63) is 42.5 Å². The maximum absolute atomic E-state index is 13.1. The molecule has 160 valence electrons. The van der Waals surface area contributed by atoms with Crippen LogP contribution in [0.4, 0.5) is 5.13 Å². The first-order valence-corrected chi connectivity index (χ1v) is 10.6. The smallest absolute Gasteiger partial charge is 0.266 e. The van der Waals surface area contributed by atoms with Gasteiger partial charge in [0.25, 0.3) is 5.91 Å². The summed E-state index contributed by atoms with van der Waals surface area (Å²) < 4.78 is 17.6. The Morgan fingerprint density at radius 3 is 2.57 bits per heavy atom. The molecule has 1 amide bonds. The number of aromatic nitrogens is 1. The summed E-state index contributed by atoms with van der Waals surface area (Å²) in [6.45, 7) is 3.63. The highest BCUT2D eigenvalue weighted by Gasteiger charge is 2.21. The molecule has 8 heteroatoms. The standard InChI is InChI=1S/C22H27N3O4S/c1-5-28-18-10-7-11-19-21(18)23-22(30-19)25(13-12-24(2)3)20(26)15-29-17-9-6-8-16(14-17)27-4/h6-11,14H,5,12-13,15H2,1-4H3. The van der Waals surface area contributed by atoms with E-state index in [1.54, 1.807) is 24.1 Å². The molecular weight excluding hydrogens is 402 g/mol. The zero-order chi connectivity index (χ0) is 21.5. The number of ether oxygens (including phenoxy) is 3. The molecule has 30 heavy (non-hydrogen) atoms. The van der Waals surface area contributed by atoms with Crippen LogP contribution in [-0.4, -0.2) is 63.3 Å². The van der Waals surface area contributed by atoms with Crippen molar-refractivity contribution in [2.24, 2.45) is 0 Å². The predicted octanol–water partition coefficient (Wildman–Crippen LogP) is 3.68. The molecular formula is C22H27N3O4S. The number of fused-ring (bicyclic) bond motifs is 1. The highest BCUT2D eigenvalue weighted by Crippen LogP contribution is 2.34. The number of rotatable bonds is 10. The molecule has 0 saturated carbocycles. The average molecular weight is 430 g/mol. The van der Waals surface area contributed by atoms with Crippen LogP contribution < -0.4 is 19.1 Å². The van der Waals surface area contributed by atoms with E-state index < -0.39 is 0 Å². The van der Waals surface area contributed by atoms with E-state index in [2.05, 4.69) is 0 Å². The number of thiazole rings is 1. The summed E-state index contributed by atoms with van der Waals surface area (Å²) in [4.78, 5) is 21.5. The first kappa shape index (κ1) is 21.9. The van der Waals surface area contributed by atoms with Gasteiger partial charge in [0.05, 0.1) is 18.4 Å². The van der Waals surface area contributed by atoms with Gasteiger partial charge in [-0.3, -0.25) is 9.69 Å². The summed E-state index contributed by atoms with van der Waals surface area (Å²) in [5, 5.41) is 0.637. The Labute approximate surface area is 180 Å². The molecule has 0 aliphatic heterocycles. The number of benzene rings is 2. The van der Waals surface area contributed by atoms with Gasteiger partial charge >= 0.3 is 0 Å². The third kappa shape index (κ3) is 5.40. The van der Waals surface area contributed by atoms with E-state index in [4.69, 9.17) is 19.2 Å². The van der Waals surface area contributed by atoms with Crippen LogP contribution in [0.25, 0.3) is 10.2 Å². The highest BCUT2D eigenvalue weighted by atomic mass is 32.1. The predicted molar refractivity (Wildman–Crippen MR) is 120 cm³/mol. The maximum atomic E-state index is 13.1. The number of amides is 1. The van der Waals surface area contributed by atoms with Crippen LogP contribution in [0.5, 0.6) is 17.2 Å². The van der Waals surface area contributed by atoms with E-state index in [1.807, 2.05) is 56.3 Å². The van der Waals surface area contributed by atoms with Gasteiger partial charge in [0.15, 0.2) is 11.7 Å². The van der Waals surface area contributed by atoms with E-state index in [9.17, 15) is 4.79 Å². The molecule has 0 unspecified atom stereocenters. The minimum absolute atomic E-state index is 0.0885. The number of methoxy groups -OCH3 is 1. The molecule has 0 saturated heterocycles. The van der Waals surface area contributed by atoms with E-state index in [0.717, 1.165) is 16.0 Å². The number of nitrogens with zero attached hydrogens (tertiary/aromatic N) is 3. The van der Waals surface area contributed by atoms with Gasteiger partial charge in [-0.25, -0.2) is 4.98 Å². The Hall–Kier alpha value is -2.84. The van der Waals surface area contributed by atoms with Crippen molar-refractivity contribution < 1.29 is 19.0 Å². The molecule has 0 radical (unpaired) electrons. The fourth-order valence-electron chi connectivity index (χ4n) is 2.84. The lowest BCUT2D eigenvalue weighted by molar-refractivity contribution is -0.120. The van der Waals surface area contributed by atoms with Crippen molar-refractivity contribution in [3.8, 4) is 17.2 Å². The summed E-state index contributed by atoms with van der Waals surface area (Å²) in [7, 11) is 5.54. The van der Waals surface area contributed by atoms with Gasteiger partial charge < -0.3 is 19.1 Å². The van der Waals surface area contributed by atoms with E-state index in [-0.39, 0.29) is 12.5 Å². The van der Waals surface area contributed by atoms with Crippen LogP contribution in [0.15, 0.2) is 42.5 Å². The van der Waals surface area contributed by atoms with Crippen molar-refractivity contribution in [1.82, 2.24) is 9.88 Å².